The zero-order valence-corrected chi connectivity index (χ0v) is 8.45. The largest absolute Gasteiger partial charge is 0.368 e. The molecule has 0 aromatic carbocycles. The molecule has 0 unspecified atom stereocenters. The Morgan fingerprint density at radius 1 is 1.33 bits per heavy atom. The molecule has 0 spiro atoms. The second kappa shape index (κ2) is 3.97. The first kappa shape index (κ1) is 9.62. The number of hydrogen-bond donors (Lipinski definition) is 1. The molecule has 1 rings (SSSR count). The van der Waals surface area contributed by atoms with Crippen LogP contribution in [0.15, 0.2) is 12.1 Å². The number of halogens is 2. The van der Waals surface area contributed by atoms with Crippen LogP contribution in [0.3, 0.4) is 0 Å². The molecular weight excluding hydrogens is 195 g/mol. The fraction of sp³-hybridized carbons (Fsp3) is 0.375. The molecule has 12 heavy (non-hydrogen) atoms. The molecule has 1 N–H and O–H groups in total. The monoisotopic (exact) mass is 204 g/mol. The van der Waals surface area contributed by atoms with E-state index < -0.39 is 0 Å². The first-order chi connectivity index (χ1) is 5.58. The topological polar surface area (TPSA) is 24.9 Å². The summed E-state index contributed by atoms with van der Waals surface area (Å²) in [5.74, 6) is 0.711. The third kappa shape index (κ3) is 2.88. The van der Waals surface area contributed by atoms with Crippen molar-refractivity contribution in [2.75, 3.05) is 5.32 Å². The number of anilines is 1. The lowest BCUT2D eigenvalue weighted by atomic mass is 10.4. The average Bonchev–Trinajstić information content (AvgIpc) is 1.81. The van der Waals surface area contributed by atoms with Crippen LogP contribution < -0.4 is 5.32 Å². The summed E-state index contributed by atoms with van der Waals surface area (Å²) < 4.78 is 0. The Morgan fingerprint density at radius 3 is 2.50 bits per heavy atom. The van der Waals surface area contributed by atoms with Crippen molar-refractivity contribution in [3.63, 3.8) is 0 Å². The standard InChI is InChI=1S/C8H10Cl2N2/c1-5(2)11-8-4-6(9)3-7(10)12-8/h3-5H,1-2H3,(H,11,12). The Labute approximate surface area is 81.9 Å². The highest BCUT2D eigenvalue weighted by atomic mass is 35.5. The predicted octanol–water partition coefficient (Wildman–Crippen LogP) is 3.21. The summed E-state index contributed by atoms with van der Waals surface area (Å²) in [5.41, 5.74) is 0. The highest BCUT2D eigenvalue weighted by molar-refractivity contribution is 6.34. The van der Waals surface area contributed by atoms with Crippen LogP contribution >= 0.6 is 23.2 Å². The number of pyridine rings is 1. The Kier molecular flexibility index (Phi) is 3.18. The third-order valence-corrected chi connectivity index (χ3v) is 1.61. The van der Waals surface area contributed by atoms with E-state index in [4.69, 9.17) is 23.2 Å². The summed E-state index contributed by atoms with van der Waals surface area (Å²) in [5, 5.41) is 4.11. The van der Waals surface area contributed by atoms with E-state index in [0.717, 1.165) is 0 Å². The van der Waals surface area contributed by atoms with Gasteiger partial charge in [-0.2, -0.15) is 0 Å². The first-order valence-electron chi connectivity index (χ1n) is 3.67. The maximum absolute atomic E-state index is 5.77. The van der Waals surface area contributed by atoms with Crippen LogP contribution in [0.25, 0.3) is 0 Å². The van der Waals surface area contributed by atoms with E-state index in [2.05, 4.69) is 10.3 Å². The molecule has 2 nitrogen and oxygen atoms in total. The van der Waals surface area contributed by atoms with Crippen LogP contribution in [0.5, 0.6) is 0 Å². The molecule has 1 aromatic rings. The van der Waals surface area contributed by atoms with Gasteiger partial charge in [-0.3, -0.25) is 0 Å². The normalized spacial score (nSPS) is 10.4. The number of hydrogen-bond acceptors (Lipinski definition) is 2. The number of nitrogens with one attached hydrogen (secondary N) is 1. The molecule has 0 radical (unpaired) electrons. The lowest BCUT2D eigenvalue weighted by molar-refractivity contribution is 0.889. The van der Waals surface area contributed by atoms with E-state index in [9.17, 15) is 0 Å². The van der Waals surface area contributed by atoms with E-state index in [1.165, 1.54) is 0 Å². The molecule has 0 saturated heterocycles. The van der Waals surface area contributed by atoms with Gasteiger partial charge in [0.25, 0.3) is 0 Å². The summed E-state index contributed by atoms with van der Waals surface area (Å²) >= 11 is 11.5. The second-order valence-electron chi connectivity index (χ2n) is 2.79. The van der Waals surface area contributed by atoms with Crippen molar-refractivity contribution in [1.29, 1.82) is 0 Å². The van der Waals surface area contributed by atoms with Crippen molar-refractivity contribution in [1.82, 2.24) is 4.98 Å². The highest BCUT2D eigenvalue weighted by Gasteiger charge is 2.00. The molecule has 0 aliphatic rings. The highest BCUT2D eigenvalue weighted by Crippen LogP contribution is 2.18. The minimum absolute atomic E-state index is 0.326. The maximum Gasteiger partial charge on any atom is 0.132 e. The first-order valence-corrected chi connectivity index (χ1v) is 4.43. The van der Waals surface area contributed by atoms with Gasteiger partial charge in [-0.05, 0) is 26.0 Å². The fourth-order valence-corrected chi connectivity index (χ4v) is 1.31. The summed E-state index contributed by atoms with van der Waals surface area (Å²) in [6.07, 6.45) is 0. The van der Waals surface area contributed by atoms with E-state index in [0.29, 0.717) is 22.0 Å². The zero-order valence-electron chi connectivity index (χ0n) is 6.94. The number of nitrogens with zero attached hydrogens (tertiary/aromatic N) is 1. The quantitative estimate of drug-likeness (QED) is 0.749. The Bertz CT molecular complexity index is 254. The van der Waals surface area contributed by atoms with E-state index in [1.54, 1.807) is 12.1 Å². The van der Waals surface area contributed by atoms with Crippen LogP contribution in [0.1, 0.15) is 13.8 Å². The van der Waals surface area contributed by atoms with E-state index in [-0.39, 0.29) is 0 Å². The molecule has 0 aliphatic carbocycles. The number of rotatable bonds is 2. The number of aromatic nitrogens is 1. The minimum atomic E-state index is 0.326. The third-order valence-electron chi connectivity index (χ3n) is 1.20. The molecule has 1 heterocycles. The molecule has 0 fully saturated rings. The zero-order chi connectivity index (χ0) is 9.14. The van der Waals surface area contributed by atoms with Crippen molar-refractivity contribution in [3.05, 3.63) is 22.3 Å². The smallest absolute Gasteiger partial charge is 0.132 e. The van der Waals surface area contributed by atoms with Crippen molar-refractivity contribution in [2.45, 2.75) is 19.9 Å². The Hall–Kier alpha value is -0.470. The molecule has 1 aromatic heterocycles. The van der Waals surface area contributed by atoms with Gasteiger partial charge in [-0.1, -0.05) is 23.2 Å². The van der Waals surface area contributed by atoms with Gasteiger partial charge in [0.1, 0.15) is 11.0 Å². The van der Waals surface area contributed by atoms with Crippen molar-refractivity contribution < 1.29 is 0 Å². The van der Waals surface area contributed by atoms with Gasteiger partial charge in [0.05, 0.1) is 0 Å². The molecule has 4 heteroatoms. The van der Waals surface area contributed by atoms with Crippen LogP contribution in [-0.2, 0) is 0 Å². The summed E-state index contributed by atoms with van der Waals surface area (Å²) in [4.78, 5) is 4.04. The van der Waals surface area contributed by atoms with Gasteiger partial charge >= 0.3 is 0 Å². The van der Waals surface area contributed by atoms with Crippen LogP contribution in [0.2, 0.25) is 10.2 Å². The van der Waals surface area contributed by atoms with Crippen molar-refractivity contribution in [2.24, 2.45) is 0 Å². The summed E-state index contributed by atoms with van der Waals surface area (Å²) in [6.45, 7) is 4.05. The molecule has 66 valence electrons. The molecule has 0 saturated carbocycles. The van der Waals surface area contributed by atoms with Crippen molar-refractivity contribution in [3.8, 4) is 0 Å². The summed E-state index contributed by atoms with van der Waals surface area (Å²) in [6, 6.07) is 3.68. The molecule has 0 atom stereocenters. The van der Waals surface area contributed by atoms with Gasteiger partial charge in [0.15, 0.2) is 0 Å². The Morgan fingerprint density at radius 2 is 2.00 bits per heavy atom. The molecular formula is C8H10Cl2N2. The van der Waals surface area contributed by atoms with Crippen LogP contribution in [0.4, 0.5) is 5.82 Å². The maximum atomic E-state index is 5.77. The molecule has 0 aliphatic heterocycles. The van der Waals surface area contributed by atoms with Crippen molar-refractivity contribution >= 4 is 29.0 Å². The average molecular weight is 205 g/mol. The van der Waals surface area contributed by atoms with E-state index >= 15 is 0 Å². The van der Waals surface area contributed by atoms with Gasteiger partial charge in [-0.25, -0.2) is 4.98 Å². The van der Waals surface area contributed by atoms with Gasteiger partial charge in [0.2, 0.25) is 0 Å². The van der Waals surface area contributed by atoms with Gasteiger partial charge in [-0.15, -0.1) is 0 Å². The molecule has 0 bridgehead atoms. The van der Waals surface area contributed by atoms with Gasteiger partial charge < -0.3 is 5.32 Å². The van der Waals surface area contributed by atoms with E-state index in [1.807, 2.05) is 13.8 Å². The second-order valence-corrected chi connectivity index (χ2v) is 3.62. The minimum Gasteiger partial charge on any atom is -0.368 e. The fourth-order valence-electron chi connectivity index (χ4n) is 0.835. The van der Waals surface area contributed by atoms with Crippen LogP contribution in [0, 0.1) is 0 Å². The SMILES string of the molecule is CC(C)Nc1cc(Cl)cc(Cl)n1. The lowest BCUT2D eigenvalue weighted by Gasteiger charge is -2.08. The summed E-state index contributed by atoms with van der Waals surface area (Å²) in [7, 11) is 0. The van der Waals surface area contributed by atoms with Crippen LogP contribution in [-0.4, -0.2) is 11.0 Å². The Balaban J connectivity index is 2.85. The lowest BCUT2D eigenvalue weighted by Crippen LogP contribution is -2.10. The molecule has 0 amide bonds. The predicted molar refractivity (Wildman–Crippen MR) is 53.0 cm³/mol. The van der Waals surface area contributed by atoms with Gasteiger partial charge in [0, 0.05) is 11.1 Å².